The smallest absolute Gasteiger partial charge is 0.134 e. The molecule has 20 heavy (non-hydrogen) atoms. The molecule has 2 heterocycles. The summed E-state index contributed by atoms with van der Waals surface area (Å²) >= 11 is 5.92. The van der Waals surface area contributed by atoms with Crippen molar-refractivity contribution in [1.82, 2.24) is 15.1 Å². The van der Waals surface area contributed by atoms with Crippen LogP contribution in [0.3, 0.4) is 0 Å². The van der Waals surface area contributed by atoms with Gasteiger partial charge < -0.3 is 9.73 Å². The average Bonchev–Trinajstić information content (AvgIpc) is 3.02. The summed E-state index contributed by atoms with van der Waals surface area (Å²) in [5.74, 6) is 0.958. The van der Waals surface area contributed by atoms with Crippen LogP contribution in [0.5, 0.6) is 0 Å². The average molecular weight is 290 g/mol. The molecule has 104 valence electrons. The Labute approximate surface area is 122 Å². The van der Waals surface area contributed by atoms with Crippen LogP contribution in [0.25, 0.3) is 11.0 Å². The highest BCUT2D eigenvalue weighted by molar-refractivity contribution is 6.30. The van der Waals surface area contributed by atoms with Crippen LogP contribution in [0, 0.1) is 0 Å². The summed E-state index contributed by atoms with van der Waals surface area (Å²) in [6.45, 7) is 4.36. The zero-order valence-electron chi connectivity index (χ0n) is 11.3. The van der Waals surface area contributed by atoms with Crippen molar-refractivity contribution in [3.05, 3.63) is 53.0 Å². The van der Waals surface area contributed by atoms with Gasteiger partial charge in [0, 0.05) is 17.1 Å². The monoisotopic (exact) mass is 289 g/mol. The van der Waals surface area contributed by atoms with Crippen LogP contribution in [0.15, 0.2) is 41.1 Å². The maximum absolute atomic E-state index is 5.94. The van der Waals surface area contributed by atoms with E-state index in [4.69, 9.17) is 16.0 Å². The first-order valence-corrected chi connectivity index (χ1v) is 7.03. The van der Waals surface area contributed by atoms with E-state index in [-0.39, 0.29) is 0 Å². The largest absolute Gasteiger partial charge is 0.459 e. The molecule has 0 spiro atoms. The molecule has 0 radical (unpaired) electrons. The molecule has 1 N–H and O–H groups in total. The summed E-state index contributed by atoms with van der Waals surface area (Å²) in [4.78, 5) is 0. The lowest BCUT2D eigenvalue weighted by molar-refractivity contribution is 0.508. The van der Waals surface area contributed by atoms with Crippen molar-refractivity contribution in [3.63, 3.8) is 0 Å². The molecule has 0 aliphatic carbocycles. The van der Waals surface area contributed by atoms with Gasteiger partial charge in [-0.2, -0.15) is 5.10 Å². The third kappa shape index (κ3) is 2.57. The molecule has 3 aromatic rings. The molecule has 0 aliphatic rings. The SMILES string of the molecule is CCNCc1oc2ccccc2c1Cn1cc(Cl)cn1. The number of halogens is 1. The summed E-state index contributed by atoms with van der Waals surface area (Å²) in [5.41, 5.74) is 2.06. The number of para-hydroxylation sites is 1. The molecule has 0 aliphatic heterocycles. The van der Waals surface area contributed by atoms with E-state index in [1.165, 1.54) is 0 Å². The Morgan fingerprint density at radius 1 is 1.35 bits per heavy atom. The van der Waals surface area contributed by atoms with E-state index in [0.717, 1.165) is 35.4 Å². The van der Waals surface area contributed by atoms with Crippen molar-refractivity contribution in [3.8, 4) is 0 Å². The Hall–Kier alpha value is -1.78. The van der Waals surface area contributed by atoms with Gasteiger partial charge in [0.1, 0.15) is 11.3 Å². The molecule has 2 aromatic heterocycles. The molecule has 4 nitrogen and oxygen atoms in total. The summed E-state index contributed by atoms with van der Waals surface area (Å²) in [5, 5.41) is 9.32. The highest BCUT2D eigenvalue weighted by Gasteiger charge is 2.14. The van der Waals surface area contributed by atoms with Crippen molar-refractivity contribution >= 4 is 22.6 Å². The van der Waals surface area contributed by atoms with Crippen molar-refractivity contribution in [1.29, 1.82) is 0 Å². The molecule has 0 atom stereocenters. The Morgan fingerprint density at radius 2 is 2.20 bits per heavy atom. The molecule has 0 amide bonds. The van der Waals surface area contributed by atoms with Gasteiger partial charge in [0.15, 0.2) is 0 Å². The lowest BCUT2D eigenvalue weighted by Gasteiger charge is -2.04. The van der Waals surface area contributed by atoms with Crippen LogP contribution in [0.1, 0.15) is 18.2 Å². The quantitative estimate of drug-likeness (QED) is 0.782. The van der Waals surface area contributed by atoms with Crippen LogP contribution < -0.4 is 5.32 Å². The van der Waals surface area contributed by atoms with Gasteiger partial charge in [0.05, 0.1) is 24.3 Å². The van der Waals surface area contributed by atoms with Crippen LogP contribution in [-0.4, -0.2) is 16.3 Å². The molecule has 0 fully saturated rings. The molecule has 1 aromatic carbocycles. The van der Waals surface area contributed by atoms with Gasteiger partial charge in [0.25, 0.3) is 0 Å². The number of aromatic nitrogens is 2. The number of hydrogen-bond acceptors (Lipinski definition) is 3. The third-order valence-corrected chi connectivity index (χ3v) is 3.43. The third-order valence-electron chi connectivity index (χ3n) is 3.24. The van der Waals surface area contributed by atoms with E-state index in [9.17, 15) is 0 Å². The Bertz CT molecular complexity index is 717. The van der Waals surface area contributed by atoms with Gasteiger partial charge in [-0.05, 0) is 12.6 Å². The first kappa shape index (κ1) is 13.2. The van der Waals surface area contributed by atoms with Gasteiger partial charge in [-0.3, -0.25) is 4.68 Å². The van der Waals surface area contributed by atoms with Gasteiger partial charge in [-0.15, -0.1) is 0 Å². The summed E-state index contributed by atoms with van der Waals surface area (Å²) < 4.78 is 7.77. The first-order chi connectivity index (χ1) is 9.78. The number of hydrogen-bond donors (Lipinski definition) is 1. The van der Waals surface area contributed by atoms with Crippen molar-refractivity contribution < 1.29 is 4.42 Å². The lowest BCUT2D eigenvalue weighted by Crippen LogP contribution is -2.13. The molecule has 0 unspecified atom stereocenters. The van der Waals surface area contributed by atoms with Gasteiger partial charge in [-0.25, -0.2) is 0 Å². The lowest BCUT2D eigenvalue weighted by atomic mass is 10.1. The van der Waals surface area contributed by atoms with E-state index in [2.05, 4.69) is 23.4 Å². The maximum atomic E-state index is 5.94. The fraction of sp³-hybridized carbons (Fsp3) is 0.267. The molecule has 0 bridgehead atoms. The topological polar surface area (TPSA) is 43.0 Å². The number of rotatable bonds is 5. The van der Waals surface area contributed by atoms with Gasteiger partial charge in [-0.1, -0.05) is 36.7 Å². The van der Waals surface area contributed by atoms with Crippen molar-refractivity contribution in [2.75, 3.05) is 6.54 Å². The molecule has 0 saturated carbocycles. The normalized spacial score (nSPS) is 11.3. The summed E-state index contributed by atoms with van der Waals surface area (Å²) in [6.07, 6.45) is 3.47. The number of nitrogens with one attached hydrogen (secondary N) is 1. The number of nitrogens with zero attached hydrogens (tertiary/aromatic N) is 2. The molecule has 3 rings (SSSR count). The van der Waals surface area contributed by atoms with Gasteiger partial charge >= 0.3 is 0 Å². The van der Waals surface area contributed by atoms with E-state index in [0.29, 0.717) is 11.6 Å². The predicted molar refractivity (Wildman–Crippen MR) is 79.9 cm³/mol. The summed E-state index contributed by atoms with van der Waals surface area (Å²) in [7, 11) is 0. The fourth-order valence-electron chi connectivity index (χ4n) is 2.29. The highest BCUT2D eigenvalue weighted by atomic mass is 35.5. The van der Waals surface area contributed by atoms with E-state index >= 15 is 0 Å². The van der Waals surface area contributed by atoms with E-state index in [1.54, 1.807) is 6.20 Å². The second-order valence-electron chi connectivity index (χ2n) is 4.64. The number of benzene rings is 1. The van der Waals surface area contributed by atoms with E-state index in [1.807, 2.05) is 29.1 Å². The van der Waals surface area contributed by atoms with Crippen LogP contribution >= 0.6 is 11.6 Å². The Kier molecular flexibility index (Phi) is 3.76. The standard InChI is InChI=1S/C15H16ClN3O/c1-2-17-8-15-13(10-19-9-11(16)7-18-19)12-5-3-4-6-14(12)20-15/h3-7,9,17H,2,8,10H2,1H3. The summed E-state index contributed by atoms with van der Waals surface area (Å²) in [6, 6.07) is 8.07. The van der Waals surface area contributed by atoms with Crippen molar-refractivity contribution in [2.24, 2.45) is 0 Å². The minimum absolute atomic E-state index is 0.644. The van der Waals surface area contributed by atoms with Crippen LogP contribution in [0.4, 0.5) is 0 Å². The molecule has 0 saturated heterocycles. The Morgan fingerprint density at radius 3 is 2.95 bits per heavy atom. The van der Waals surface area contributed by atoms with Crippen LogP contribution in [-0.2, 0) is 13.1 Å². The minimum Gasteiger partial charge on any atom is -0.459 e. The number of fused-ring (bicyclic) bond motifs is 1. The number of furan rings is 1. The Balaban J connectivity index is 2.01. The zero-order chi connectivity index (χ0) is 13.9. The maximum Gasteiger partial charge on any atom is 0.134 e. The van der Waals surface area contributed by atoms with E-state index < -0.39 is 0 Å². The highest BCUT2D eigenvalue weighted by Crippen LogP contribution is 2.26. The first-order valence-electron chi connectivity index (χ1n) is 6.66. The van der Waals surface area contributed by atoms with Crippen molar-refractivity contribution in [2.45, 2.75) is 20.0 Å². The van der Waals surface area contributed by atoms with Crippen LogP contribution in [0.2, 0.25) is 5.02 Å². The molecular weight excluding hydrogens is 274 g/mol. The molecular formula is C15H16ClN3O. The van der Waals surface area contributed by atoms with Gasteiger partial charge in [0.2, 0.25) is 0 Å². The molecule has 5 heteroatoms. The predicted octanol–water partition coefficient (Wildman–Crippen LogP) is 3.44. The second kappa shape index (κ2) is 5.69. The fourth-order valence-corrected chi connectivity index (χ4v) is 2.45. The zero-order valence-corrected chi connectivity index (χ0v) is 12.0. The minimum atomic E-state index is 0.644. The second-order valence-corrected chi connectivity index (χ2v) is 5.07.